The molecule has 4 rings (SSSR count). The number of carbonyl (C=O) groups excluding carboxylic acids is 2. The number of hydrogen-bond donors (Lipinski definition) is 1. The third-order valence-electron chi connectivity index (χ3n) is 5.44. The Hall–Kier alpha value is -2.13. The Morgan fingerprint density at radius 2 is 1.81 bits per heavy atom. The number of nitrogens with zero attached hydrogens (tertiary/aromatic N) is 2. The molecule has 3 aliphatic heterocycles. The minimum atomic E-state index is -3.66. The molecule has 8 nitrogen and oxygen atoms in total. The van der Waals surface area contributed by atoms with Crippen LogP contribution in [0.25, 0.3) is 0 Å². The minimum Gasteiger partial charge on any atom is -0.482 e. The number of carbonyl (C=O) groups is 2. The molecule has 0 bridgehead atoms. The lowest BCUT2D eigenvalue weighted by molar-refractivity contribution is -0.135. The number of piperidine rings is 1. The van der Waals surface area contributed by atoms with Gasteiger partial charge in [0.1, 0.15) is 5.75 Å². The highest BCUT2D eigenvalue weighted by atomic mass is 32.2. The fourth-order valence-electron chi connectivity index (χ4n) is 3.90. The van der Waals surface area contributed by atoms with E-state index < -0.39 is 10.0 Å². The van der Waals surface area contributed by atoms with Crippen LogP contribution >= 0.6 is 0 Å². The van der Waals surface area contributed by atoms with E-state index in [-0.39, 0.29) is 29.2 Å². The van der Waals surface area contributed by atoms with Gasteiger partial charge >= 0.3 is 0 Å². The van der Waals surface area contributed by atoms with Crippen molar-refractivity contribution in [2.24, 2.45) is 5.92 Å². The first-order chi connectivity index (χ1) is 12.9. The number of anilines is 1. The Bertz CT molecular complexity index is 856. The van der Waals surface area contributed by atoms with Gasteiger partial charge in [-0.2, -0.15) is 4.31 Å². The largest absolute Gasteiger partial charge is 0.482 e. The molecule has 0 atom stereocenters. The van der Waals surface area contributed by atoms with Gasteiger partial charge in [0, 0.05) is 38.2 Å². The van der Waals surface area contributed by atoms with Gasteiger partial charge in [0.25, 0.3) is 5.91 Å². The summed E-state index contributed by atoms with van der Waals surface area (Å²) in [5.74, 6) is 0.178. The van der Waals surface area contributed by atoms with E-state index >= 15 is 0 Å². The van der Waals surface area contributed by atoms with Crippen LogP contribution in [0.1, 0.15) is 25.7 Å². The van der Waals surface area contributed by atoms with Crippen LogP contribution in [-0.2, 0) is 19.6 Å². The van der Waals surface area contributed by atoms with Crippen molar-refractivity contribution < 1.29 is 22.7 Å². The lowest BCUT2D eigenvalue weighted by atomic mass is 9.97. The predicted octanol–water partition coefficient (Wildman–Crippen LogP) is 1.04. The second-order valence-electron chi connectivity index (χ2n) is 7.21. The third kappa shape index (κ3) is 3.53. The molecule has 3 aliphatic rings. The highest BCUT2D eigenvalue weighted by molar-refractivity contribution is 7.89. The van der Waals surface area contributed by atoms with E-state index in [1.165, 1.54) is 16.4 Å². The van der Waals surface area contributed by atoms with E-state index in [0.717, 1.165) is 25.9 Å². The van der Waals surface area contributed by atoms with Gasteiger partial charge in [-0.1, -0.05) is 0 Å². The van der Waals surface area contributed by atoms with Crippen LogP contribution in [-0.4, -0.2) is 62.2 Å². The van der Waals surface area contributed by atoms with E-state index in [1.807, 2.05) is 4.90 Å². The quantitative estimate of drug-likeness (QED) is 0.828. The van der Waals surface area contributed by atoms with E-state index in [4.69, 9.17) is 4.74 Å². The number of fused-ring (bicyclic) bond motifs is 1. The molecule has 1 aromatic rings. The molecule has 3 heterocycles. The van der Waals surface area contributed by atoms with Gasteiger partial charge in [-0.05, 0) is 37.8 Å². The van der Waals surface area contributed by atoms with Crippen LogP contribution in [0.5, 0.6) is 5.75 Å². The minimum absolute atomic E-state index is 0.0865. The molecule has 1 aromatic carbocycles. The van der Waals surface area contributed by atoms with Crippen molar-refractivity contribution in [3.8, 4) is 5.75 Å². The summed E-state index contributed by atoms with van der Waals surface area (Å²) in [4.78, 5) is 25.9. The number of sulfonamides is 1. The fourth-order valence-corrected chi connectivity index (χ4v) is 5.39. The molecule has 2 amide bonds. The molecule has 0 aromatic heterocycles. The van der Waals surface area contributed by atoms with Gasteiger partial charge in [0.15, 0.2) is 6.61 Å². The molecular formula is C18H23N3O5S. The zero-order valence-corrected chi connectivity index (χ0v) is 15.8. The van der Waals surface area contributed by atoms with Crippen LogP contribution in [0.15, 0.2) is 23.1 Å². The van der Waals surface area contributed by atoms with Gasteiger partial charge in [-0.3, -0.25) is 9.59 Å². The summed E-state index contributed by atoms with van der Waals surface area (Å²) in [5.41, 5.74) is 0.472. The Morgan fingerprint density at radius 3 is 2.52 bits per heavy atom. The van der Waals surface area contributed by atoms with Crippen LogP contribution < -0.4 is 10.1 Å². The van der Waals surface area contributed by atoms with Crippen LogP contribution in [0.2, 0.25) is 0 Å². The lowest BCUT2D eigenvalue weighted by Gasteiger charge is -2.32. The van der Waals surface area contributed by atoms with Gasteiger partial charge in [-0.25, -0.2) is 8.42 Å². The number of amides is 2. The van der Waals surface area contributed by atoms with Crippen molar-refractivity contribution in [2.45, 2.75) is 30.6 Å². The zero-order valence-electron chi connectivity index (χ0n) is 15.0. The molecule has 1 N–H and O–H groups in total. The van der Waals surface area contributed by atoms with Crippen LogP contribution in [0.4, 0.5) is 5.69 Å². The van der Waals surface area contributed by atoms with Crippen molar-refractivity contribution in [1.82, 2.24) is 9.21 Å². The van der Waals surface area contributed by atoms with Crippen molar-refractivity contribution in [1.29, 1.82) is 0 Å². The van der Waals surface area contributed by atoms with E-state index in [9.17, 15) is 18.0 Å². The zero-order chi connectivity index (χ0) is 19.0. The van der Waals surface area contributed by atoms with Crippen molar-refractivity contribution in [3.63, 3.8) is 0 Å². The summed E-state index contributed by atoms with van der Waals surface area (Å²) in [6.07, 6.45) is 3.21. The van der Waals surface area contributed by atoms with Crippen molar-refractivity contribution >= 4 is 27.5 Å². The Labute approximate surface area is 158 Å². The van der Waals surface area contributed by atoms with Crippen molar-refractivity contribution in [2.75, 3.05) is 38.1 Å². The molecule has 146 valence electrons. The Balaban J connectivity index is 1.44. The molecule has 0 spiro atoms. The average molecular weight is 393 g/mol. The third-order valence-corrected chi connectivity index (χ3v) is 7.34. The number of nitrogens with one attached hydrogen (secondary N) is 1. The first-order valence-corrected chi connectivity index (χ1v) is 10.7. The SMILES string of the molecule is O=C1COc2cc(S(=O)(=O)N3CCC(C(=O)N4CCCC4)CC3)ccc2N1. The number of hydrogen-bond acceptors (Lipinski definition) is 5. The molecule has 2 saturated heterocycles. The standard InChI is InChI=1S/C18H23N3O5S/c22-17-12-26-16-11-14(3-4-15(16)19-17)27(24,25)21-9-5-13(6-10-21)18(23)20-7-1-2-8-20/h3-4,11,13H,1-2,5-10,12H2,(H,19,22). The molecular weight excluding hydrogens is 370 g/mol. The fraction of sp³-hybridized carbons (Fsp3) is 0.556. The smallest absolute Gasteiger partial charge is 0.262 e. The highest BCUT2D eigenvalue weighted by Gasteiger charge is 2.35. The lowest BCUT2D eigenvalue weighted by Crippen LogP contribution is -2.43. The van der Waals surface area contributed by atoms with Crippen molar-refractivity contribution in [3.05, 3.63) is 18.2 Å². The predicted molar refractivity (Wildman–Crippen MR) is 97.9 cm³/mol. The number of benzene rings is 1. The first kappa shape index (κ1) is 18.2. The Morgan fingerprint density at radius 1 is 1.11 bits per heavy atom. The molecule has 0 unspecified atom stereocenters. The molecule has 2 fully saturated rings. The highest BCUT2D eigenvalue weighted by Crippen LogP contribution is 2.32. The summed E-state index contributed by atoms with van der Waals surface area (Å²) in [7, 11) is -3.66. The summed E-state index contributed by atoms with van der Waals surface area (Å²) < 4.78 is 32.7. The average Bonchev–Trinajstić information content (AvgIpc) is 3.22. The summed E-state index contributed by atoms with van der Waals surface area (Å²) in [6, 6.07) is 4.47. The molecule has 0 aliphatic carbocycles. The second kappa shape index (κ2) is 7.12. The first-order valence-electron chi connectivity index (χ1n) is 9.31. The number of ether oxygens (including phenoxy) is 1. The molecule has 0 saturated carbocycles. The number of rotatable bonds is 3. The van der Waals surface area contributed by atoms with Gasteiger partial charge in [-0.15, -0.1) is 0 Å². The van der Waals surface area contributed by atoms with E-state index in [2.05, 4.69) is 5.32 Å². The number of likely N-dealkylation sites (tertiary alicyclic amines) is 1. The maximum absolute atomic E-state index is 13.0. The van der Waals surface area contributed by atoms with E-state index in [1.54, 1.807) is 6.07 Å². The maximum Gasteiger partial charge on any atom is 0.262 e. The Kier molecular flexibility index (Phi) is 4.81. The summed E-state index contributed by atoms with van der Waals surface area (Å²) in [6.45, 7) is 2.19. The van der Waals surface area contributed by atoms with E-state index in [0.29, 0.717) is 37.4 Å². The topological polar surface area (TPSA) is 96.0 Å². The second-order valence-corrected chi connectivity index (χ2v) is 9.14. The molecule has 9 heteroatoms. The van der Waals surface area contributed by atoms with Crippen LogP contribution in [0.3, 0.4) is 0 Å². The molecule has 0 radical (unpaired) electrons. The van der Waals surface area contributed by atoms with Gasteiger partial charge < -0.3 is 15.0 Å². The normalized spacial score (nSPS) is 21.5. The maximum atomic E-state index is 13.0. The summed E-state index contributed by atoms with van der Waals surface area (Å²) >= 11 is 0. The van der Waals surface area contributed by atoms with Gasteiger partial charge in [0.05, 0.1) is 10.6 Å². The van der Waals surface area contributed by atoms with Gasteiger partial charge in [0.2, 0.25) is 15.9 Å². The van der Waals surface area contributed by atoms with Crippen LogP contribution in [0, 0.1) is 5.92 Å². The monoisotopic (exact) mass is 393 g/mol. The summed E-state index contributed by atoms with van der Waals surface area (Å²) in [5, 5.41) is 2.65. The molecule has 27 heavy (non-hydrogen) atoms.